The number of nitrogens with one attached hydrogen (secondary N) is 1. The van der Waals surface area contributed by atoms with Gasteiger partial charge in [0.1, 0.15) is 5.52 Å². The van der Waals surface area contributed by atoms with Crippen LogP contribution in [0.3, 0.4) is 0 Å². The highest BCUT2D eigenvalue weighted by atomic mass is 16.1. The Bertz CT molecular complexity index is 1050. The van der Waals surface area contributed by atoms with E-state index < -0.39 is 0 Å². The minimum atomic E-state index is -0.116. The number of imidazole rings is 1. The topological polar surface area (TPSA) is 59.8 Å². The van der Waals surface area contributed by atoms with Crippen molar-refractivity contribution in [1.29, 1.82) is 0 Å². The van der Waals surface area contributed by atoms with Gasteiger partial charge in [0.25, 0.3) is 5.91 Å². The molecule has 0 aliphatic carbocycles. The minimum Gasteiger partial charge on any atom is -0.322 e. The van der Waals surface area contributed by atoms with Crippen molar-refractivity contribution in [1.82, 2.24) is 14.5 Å². The molecule has 26 heavy (non-hydrogen) atoms. The van der Waals surface area contributed by atoms with Crippen LogP contribution in [0.5, 0.6) is 0 Å². The molecule has 1 amide bonds. The quantitative estimate of drug-likeness (QED) is 0.609. The maximum absolute atomic E-state index is 12.4. The molecule has 0 fully saturated rings. The SMILES string of the molecule is Cc1ccc(NC(=O)c2ccc(Cn3cnc4cccnc43)cc2)cc1. The molecule has 0 radical (unpaired) electrons. The highest BCUT2D eigenvalue weighted by Gasteiger charge is 2.07. The Balaban J connectivity index is 1.47. The van der Waals surface area contributed by atoms with Crippen LogP contribution in [0.25, 0.3) is 11.2 Å². The summed E-state index contributed by atoms with van der Waals surface area (Å²) in [6.07, 6.45) is 3.55. The van der Waals surface area contributed by atoms with Crippen molar-refractivity contribution in [3.8, 4) is 0 Å². The molecule has 0 saturated carbocycles. The second-order valence-corrected chi connectivity index (χ2v) is 6.24. The average Bonchev–Trinajstić information content (AvgIpc) is 3.07. The van der Waals surface area contributed by atoms with Gasteiger partial charge in [-0.05, 0) is 48.9 Å². The third-order valence-electron chi connectivity index (χ3n) is 4.25. The Morgan fingerprint density at radius 1 is 1.00 bits per heavy atom. The first-order valence-corrected chi connectivity index (χ1v) is 8.42. The third-order valence-corrected chi connectivity index (χ3v) is 4.25. The molecule has 5 nitrogen and oxygen atoms in total. The number of nitrogens with zero attached hydrogens (tertiary/aromatic N) is 3. The van der Waals surface area contributed by atoms with Gasteiger partial charge in [0, 0.05) is 17.4 Å². The molecular formula is C21H18N4O. The summed E-state index contributed by atoms with van der Waals surface area (Å²) in [5.41, 5.74) is 5.40. The number of pyridine rings is 1. The molecule has 0 aliphatic rings. The van der Waals surface area contributed by atoms with Crippen molar-refractivity contribution in [2.24, 2.45) is 0 Å². The first-order chi connectivity index (χ1) is 12.7. The molecule has 2 heterocycles. The molecule has 2 aromatic heterocycles. The van der Waals surface area contributed by atoms with Crippen LogP contribution >= 0.6 is 0 Å². The molecule has 2 aromatic carbocycles. The fraction of sp³-hybridized carbons (Fsp3) is 0.0952. The lowest BCUT2D eigenvalue weighted by molar-refractivity contribution is 0.102. The Labute approximate surface area is 151 Å². The molecule has 0 aliphatic heterocycles. The Morgan fingerprint density at radius 2 is 1.77 bits per heavy atom. The normalized spacial score (nSPS) is 10.8. The van der Waals surface area contributed by atoms with Crippen molar-refractivity contribution in [3.05, 3.63) is 89.9 Å². The second-order valence-electron chi connectivity index (χ2n) is 6.24. The van der Waals surface area contributed by atoms with Crippen molar-refractivity contribution in [3.63, 3.8) is 0 Å². The Hall–Kier alpha value is -3.47. The fourth-order valence-electron chi connectivity index (χ4n) is 2.81. The summed E-state index contributed by atoms with van der Waals surface area (Å²) in [6.45, 7) is 2.68. The second kappa shape index (κ2) is 6.80. The average molecular weight is 342 g/mol. The summed E-state index contributed by atoms with van der Waals surface area (Å²) < 4.78 is 2.00. The first kappa shape index (κ1) is 16.0. The van der Waals surface area contributed by atoms with Gasteiger partial charge in [-0.15, -0.1) is 0 Å². The summed E-state index contributed by atoms with van der Waals surface area (Å²) in [6, 6.07) is 19.2. The molecule has 128 valence electrons. The Kier molecular flexibility index (Phi) is 4.19. The van der Waals surface area contributed by atoms with Gasteiger partial charge in [0.15, 0.2) is 5.65 Å². The van der Waals surface area contributed by atoms with Crippen LogP contribution in [0.15, 0.2) is 73.2 Å². The Morgan fingerprint density at radius 3 is 2.54 bits per heavy atom. The van der Waals surface area contributed by atoms with E-state index in [0.29, 0.717) is 12.1 Å². The first-order valence-electron chi connectivity index (χ1n) is 8.42. The standard InChI is InChI=1S/C21H18N4O/c1-15-4-10-18(11-5-15)24-21(26)17-8-6-16(7-9-17)13-25-14-23-19-3-2-12-22-20(19)25/h2-12,14H,13H2,1H3,(H,24,26). The van der Waals surface area contributed by atoms with Gasteiger partial charge in [0.05, 0.1) is 12.9 Å². The summed E-state index contributed by atoms with van der Waals surface area (Å²) in [5.74, 6) is -0.116. The highest BCUT2D eigenvalue weighted by Crippen LogP contribution is 2.14. The maximum Gasteiger partial charge on any atom is 0.255 e. The van der Waals surface area contributed by atoms with Crippen LogP contribution in [-0.4, -0.2) is 20.4 Å². The van der Waals surface area contributed by atoms with E-state index in [1.165, 1.54) is 0 Å². The molecule has 0 atom stereocenters. The van der Waals surface area contributed by atoms with E-state index in [1.807, 2.05) is 72.2 Å². The molecule has 4 aromatic rings. The highest BCUT2D eigenvalue weighted by molar-refractivity contribution is 6.04. The van der Waals surface area contributed by atoms with Gasteiger partial charge in [0.2, 0.25) is 0 Å². The molecule has 0 bridgehead atoms. The van der Waals surface area contributed by atoms with Crippen LogP contribution in [0, 0.1) is 6.92 Å². The number of benzene rings is 2. The number of anilines is 1. The number of fused-ring (bicyclic) bond motifs is 1. The zero-order valence-corrected chi connectivity index (χ0v) is 14.4. The molecule has 1 N–H and O–H groups in total. The van der Waals surface area contributed by atoms with Crippen LogP contribution in [-0.2, 0) is 6.54 Å². The largest absolute Gasteiger partial charge is 0.322 e. The molecular weight excluding hydrogens is 324 g/mol. The van der Waals surface area contributed by atoms with Gasteiger partial charge in [-0.3, -0.25) is 4.79 Å². The molecule has 0 saturated heterocycles. The lowest BCUT2D eigenvalue weighted by atomic mass is 10.1. The summed E-state index contributed by atoms with van der Waals surface area (Å²) in [7, 11) is 0. The maximum atomic E-state index is 12.4. The van der Waals surface area contributed by atoms with E-state index in [1.54, 1.807) is 12.5 Å². The van der Waals surface area contributed by atoms with Crippen LogP contribution in [0.4, 0.5) is 5.69 Å². The monoisotopic (exact) mass is 342 g/mol. The zero-order chi connectivity index (χ0) is 17.9. The number of hydrogen-bond acceptors (Lipinski definition) is 3. The van der Waals surface area contributed by atoms with E-state index in [9.17, 15) is 4.79 Å². The third kappa shape index (κ3) is 3.32. The number of rotatable bonds is 4. The molecule has 0 spiro atoms. The van der Waals surface area contributed by atoms with Gasteiger partial charge >= 0.3 is 0 Å². The van der Waals surface area contributed by atoms with Crippen LogP contribution < -0.4 is 5.32 Å². The summed E-state index contributed by atoms with van der Waals surface area (Å²) in [4.78, 5) is 21.1. The molecule has 5 heteroatoms. The number of aromatic nitrogens is 3. The van der Waals surface area contributed by atoms with Crippen molar-refractivity contribution in [2.45, 2.75) is 13.5 Å². The number of amides is 1. The van der Waals surface area contributed by atoms with Gasteiger partial charge in [-0.1, -0.05) is 29.8 Å². The summed E-state index contributed by atoms with van der Waals surface area (Å²) in [5, 5.41) is 2.91. The predicted molar refractivity (Wildman–Crippen MR) is 102 cm³/mol. The lowest BCUT2D eigenvalue weighted by Crippen LogP contribution is -2.12. The van der Waals surface area contributed by atoms with Gasteiger partial charge < -0.3 is 9.88 Å². The number of aryl methyl sites for hydroxylation is 1. The fourth-order valence-corrected chi connectivity index (χ4v) is 2.81. The predicted octanol–water partition coefficient (Wildman–Crippen LogP) is 4.04. The minimum absolute atomic E-state index is 0.116. The number of carbonyl (C=O) groups is 1. The molecule has 0 unspecified atom stereocenters. The van der Waals surface area contributed by atoms with E-state index >= 15 is 0 Å². The lowest BCUT2D eigenvalue weighted by Gasteiger charge is -2.07. The molecule has 4 rings (SSSR count). The van der Waals surface area contributed by atoms with Crippen LogP contribution in [0.2, 0.25) is 0 Å². The van der Waals surface area contributed by atoms with Crippen LogP contribution in [0.1, 0.15) is 21.5 Å². The number of hydrogen-bond donors (Lipinski definition) is 1. The number of carbonyl (C=O) groups excluding carboxylic acids is 1. The van der Waals surface area contributed by atoms with Crippen molar-refractivity contribution < 1.29 is 4.79 Å². The van der Waals surface area contributed by atoms with E-state index in [0.717, 1.165) is 28.0 Å². The summed E-state index contributed by atoms with van der Waals surface area (Å²) >= 11 is 0. The van der Waals surface area contributed by atoms with Gasteiger partial charge in [-0.25, -0.2) is 9.97 Å². The zero-order valence-electron chi connectivity index (χ0n) is 14.4. The van der Waals surface area contributed by atoms with E-state index in [2.05, 4.69) is 15.3 Å². The van der Waals surface area contributed by atoms with E-state index in [-0.39, 0.29) is 5.91 Å². The van der Waals surface area contributed by atoms with Gasteiger partial charge in [-0.2, -0.15) is 0 Å². The van der Waals surface area contributed by atoms with Crippen molar-refractivity contribution >= 4 is 22.8 Å². The van der Waals surface area contributed by atoms with Crippen molar-refractivity contribution in [2.75, 3.05) is 5.32 Å². The van der Waals surface area contributed by atoms with E-state index in [4.69, 9.17) is 0 Å². The smallest absolute Gasteiger partial charge is 0.255 e.